The van der Waals surface area contributed by atoms with Gasteiger partial charge in [-0.2, -0.15) is 0 Å². The van der Waals surface area contributed by atoms with Crippen molar-refractivity contribution in [3.63, 3.8) is 0 Å². The molecule has 106 valence electrons. The molecule has 1 atom stereocenters. The highest BCUT2D eigenvalue weighted by atomic mass is 14.7. The molecule has 2 N–H and O–H groups in total. The van der Waals surface area contributed by atoms with Crippen LogP contribution >= 0.6 is 0 Å². The van der Waals surface area contributed by atoms with E-state index in [0.29, 0.717) is 0 Å². The van der Waals surface area contributed by atoms with Crippen molar-refractivity contribution >= 4 is 10.9 Å². The van der Waals surface area contributed by atoms with Crippen molar-refractivity contribution < 1.29 is 0 Å². The molecule has 3 aromatic rings. The molecule has 21 heavy (non-hydrogen) atoms. The number of fused-ring (bicyclic) bond motifs is 1. The molecule has 0 aliphatic carbocycles. The maximum atomic E-state index is 6.63. The Hall–Kier alpha value is -2.19. The van der Waals surface area contributed by atoms with E-state index in [9.17, 15) is 0 Å². The number of pyridine rings is 1. The van der Waals surface area contributed by atoms with Crippen molar-refractivity contribution in [3.8, 4) is 0 Å². The lowest BCUT2D eigenvalue weighted by Gasteiger charge is -2.33. The average Bonchev–Trinajstić information content (AvgIpc) is 2.54. The number of benzene rings is 2. The Labute approximate surface area is 125 Å². The predicted molar refractivity (Wildman–Crippen MR) is 88.1 cm³/mol. The van der Waals surface area contributed by atoms with Crippen molar-refractivity contribution in [2.24, 2.45) is 5.73 Å². The number of hydrogen-bond acceptors (Lipinski definition) is 2. The van der Waals surface area contributed by atoms with Crippen molar-refractivity contribution in [3.05, 3.63) is 78.0 Å². The van der Waals surface area contributed by atoms with Gasteiger partial charge in [-0.15, -0.1) is 0 Å². The lowest BCUT2D eigenvalue weighted by atomic mass is 9.75. The van der Waals surface area contributed by atoms with E-state index in [-0.39, 0.29) is 11.5 Å². The molecule has 2 nitrogen and oxygen atoms in total. The molecule has 0 amide bonds. The molecule has 0 spiro atoms. The summed E-state index contributed by atoms with van der Waals surface area (Å²) in [5, 5.41) is 1.13. The topological polar surface area (TPSA) is 38.9 Å². The SMILES string of the molecule is CC(C)(c1ccccc1)C(N)c1cccc2cccnc12. The number of hydrogen-bond donors (Lipinski definition) is 1. The van der Waals surface area contributed by atoms with E-state index < -0.39 is 0 Å². The Balaban J connectivity index is 2.10. The fourth-order valence-electron chi connectivity index (χ4n) is 2.81. The van der Waals surface area contributed by atoms with E-state index in [2.05, 4.69) is 67.4 Å². The van der Waals surface area contributed by atoms with Gasteiger partial charge in [-0.1, -0.05) is 68.4 Å². The van der Waals surface area contributed by atoms with Gasteiger partial charge in [0, 0.05) is 23.0 Å². The van der Waals surface area contributed by atoms with Crippen molar-refractivity contribution in [1.82, 2.24) is 4.98 Å². The maximum Gasteiger partial charge on any atom is 0.0749 e. The maximum absolute atomic E-state index is 6.63. The zero-order chi connectivity index (χ0) is 14.9. The summed E-state index contributed by atoms with van der Waals surface area (Å²) in [5.74, 6) is 0. The largest absolute Gasteiger partial charge is 0.323 e. The van der Waals surface area contributed by atoms with Crippen molar-refractivity contribution in [2.45, 2.75) is 25.3 Å². The molecule has 0 radical (unpaired) electrons. The Bertz CT molecular complexity index is 742. The number of aromatic nitrogens is 1. The second kappa shape index (κ2) is 5.30. The summed E-state index contributed by atoms with van der Waals surface area (Å²) in [6.45, 7) is 4.38. The van der Waals surface area contributed by atoms with Gasteiger partial charge < -0.3 is 5.73 Å². The van der Waals surface area contributed by atoms with Gasteiger partial charge >= 0.3 is 0 Å². The fraction of sp³-hybridized carbons (Fsp3) is 0.211. The molecular weight excluding hydrogens is 256 g/mol. The van der Waals surface area contributed by atoms with Gasteiger partial charge in [-0.3, -0.25) is 4.98 Å². The number of rotatable bonds is 3. The van der Waals surface area contributed by atoms with Gasteiger partial charge in [0.2, 0.25) is 0 Å². The Morgan fingerprint density at radius 3 is 2.38 bits per heavy atom. The van der Waals surface area contributed by atoms with Gasteiger partial charge in [0.05, 0.1) is 5.52 Å². The average molecular weight is 276 g/mol. The van der Waals surface area contributed by atoms with Crippen LogP contribution in [0.1, 0.15) is 31.0 Å². The lowest BCUT2D eigenvalue weighted by molar-refractivity contribution is 0.422. The molecule has 0 fully saturated rings. The summed E-state index contributed by atoms with van der Waals surface area (Å²) in [7, 11) is 0. The van der Waals surface area contributed by atoms with Crippen molar-refractivity contribution in [2.75, 3.05) is 0 Å². The van der Waals surface area contributed by atoms with Gasteiger partial charge in [0.15, 0.2) is 0 Å². The summed E-state index contributed by atoms with van der Waals surface area (Å²) in [5.41, 5.74) is 9.81. The third-order valence-electron chi connectivity index (χ3n) is 4.29. The summed E-state index contributed by atoms with van der Waals surface area (Å²) < 4.78 is 0. The molecule has 0 saturated heterocycles. The van der Waals surface area contributed by atoms with Crippen LogP contribution in [0, 0.1) is 0 Å². The molecule has 0 aliphatic heterocycles. The van der Waals surface area contributed by atoms with Gasteiger partial charge in [-0.05, 0) is 17.2 Å². The quantitative estimate of drug-likeness (QED) is 0.778. The molecule has 0 saturated carbocycles. The molecule has 0 bridgehead atoms. The highest BCUT2D eigenvalue weighted by Gasteiger charge is 2.30. The minimum absolute atomic E-state index is 0.113. The summed E-state index contributed by atoms with van der Waals surface area (Å²) in [6, 6.07) is 20.6. The van der Waals surface area contributed by atoms with E-state index in [1.54, 1.807) is 0 Å². The monoisotopic (exact) mass is 276 g/mol. The van der Waals surface area contributed by atoms with Gasteiger partial charge in [0.1, 0.15) is 0 Å². The second-order valence-corrected chi connectivity index (χ2v) is 5.99. The van der Waals surface area contributed by atoms with Crippen LogP contribution in [0.4, 0.5) is 0 Å². The van der Waals surface area contributed by atoms with E-state index in [4.69, 9.17) is 5.73 Å². The molecule has 1 unspecified atom stereocenters. The predicted octanol–water partition coefficient (Wildman–Crippen LogP) is 4.21. The third kappa shape index (κ3) is 2.43. The van der Waals surface area contributed by atoms with Crippen LogP contribution in [0.15, 0.2) is 66.9 Å². The zero-order valence-corrected chi connectivity index (χ0v) is 12.5. The van der Waals surface area contributed by atoms with Crippen LogP contribution in [0.25, 0.3) is 10.9 Å². The third-order valence-corrected chi connectivity index (χ3v) is 4.29. The molecule has 2 heteroatoms. The number of nitrogens with zero attached hydrogens (tertiary/aromatic N) is 1. The first-order chi connectivity index (χ1) is 10.1. The minimum atomic E-state index is -0.160. The highest BCUT2D eigenvalue weighted by molar-refractivity contribution is 5.82. The molecular formula is C19H20N2. The van der Waals surface area contributed by atoms with Gasteiger partial charge in [-0.25, -0.2) is 0 Å². The van der Waals surface area contributed by atoms with Crippen LogP contribution in [-0.4, -0.2) is 4.98 Å². The lowest BCUT2D eigenvalue weighted by Crippen LogP contribution is -2.33. The first kappa shape index (κ1) is 13.8. The molecule has 0 aliphatic rings. The highest BCUT2D eigenvalue weighted by Crippen LogP contribution is 2.37. The van der Waals surface area contributed by atoms with E-state index in [0.717, 1.165) is 16.5 Å². The Kier molecular flexibility index (Phi) is 3.48. The molecule has 3 rings (SSSR count). The van der Waals surface area contributed by atoms with Crippen LogP contribution < -0.4 is 5.73 Å². The summed E-state index contributed by atoms with van der Waals surface area (Å²) in [4.78, 5) is 4.53. The van der Waals surface area contributed by atoms with E-state index >= 15 is 0 Å². The first-order valence-electron chi connectivity index (χ1n) is 7.25. The van der Waals surface area contributed by atoms with Crippen LogP contribution in [0.2, 0.25) is 0 Å². The molecule has 2 aromatic carbocycles. The number of nitrogens with two attached hydrogens (primary N) is 1. The smallest absolute Gasteiger partial charge is 0.0749 e. The van der Waals surface area contributed by atoms with E-state index in [1.807, 2.05) is 18.3 Å². The molecule has 1 heterocycles. The standard InChI is InChI=1S/C19H20N2/c1-19(2,15-10-4-3-5-11-15)18(20)16-12-6-8-14-9-7-13-21-17(14)16/h3-13,18H,20H2,1-2H3. The summed E-state index contributed by atoms with van der Waals surface area (Å²) in [6.07, 6.45) is 1.83. The second-order valence-electron chi connectivity index (χ2n) is 5.99. The first-order valence-corrected chi connectivity index (χ1v) is 7.25. The normalized spacial score (nSPS) is 13.3. The molecule has 1 aromatic heterocycles. The zero-order valence-electron chi connectivity index (χ0n) is 12.5. The fourth-order valence-corrected chi connectivity index (χ4v) is 2.81. The minimum Gasteiger partial charge on any atom is -0.323 e. The van der Waals surface area contributed by atoms with Gasteiger partial charge in [0.25, 0.3) is 0 Å². The Morgan fingerprint density at radius 2 is 1.62 bits per heavy atom. The Morgan fingerprint density at radius 1 is 0.905 bits per heavy atom. The van der Waals surface area contributed by atoms with Crippen LogP contribution in [0.5, 0.6) is 0 Å². The summed E-state index contributed by atoms with van der Waals surface area (Å²) >= 11 is 0. The van der Waals surface area contributed by atoms with Crippen molar-refractivity contribution in [1.29, 1.82) is 0 Å². The van der Waals surface area contributed by atoms with E-state index in [1.165, 1.54) is 5.56 Å². The number of para-hydroxylation sites is 1. The van der Waals surface area contributed by atoms with Crippen LogP contribution in [-0.2, 0) is 5.41 Å². The van der Waals surface area contributed by atoms with Crippen LogP contribution in [0.3, 0.4) is 0 Å².